The third kappa shape index (κ3) is 3.92. The van der Waals surface area contributed by atoms with Crippen LogP contribution in [0.15, 0.2) is 0 Å². The van der Waals surface area contributed by atoms with E-state index in [9.17, 15) is 13.2 Å². The summed E-state index contributed by atoms with van der Waals surface area (Å²) in [4.78, 5) is 1.44. The van der Waals surface area contributed by atoms with E-state index in [1.54, 1.807) is 0 Å². The summed E-state index contributed by atoms with van der Waals surface area (Å²) >= 11 is 0. The molecule has 1 aliphatic heterocycles. The molecule has 0 radical (unpaired) electrons. The van der Waals surface area contributed by atoms with Gasteiger partial charge in [0.2, 0.25) is 0 Å². The van der Waals surface area contributed by atoms with Crippen molar-refractivity contribution >= 4 is 0 Å². The first-order valence-electron chi connectivity index (χ1n) is 4.08. The Morgan fingerprint density at radius 1 is 1.17 bits per heavy atom. The van der Waals surface area contributed by atoms with Crippen molar-refractivity contribution < 1.29 is 13.2 Å². The van der Waals surface area contributed by atoms with Crippen molar-refractivity contribution in [2.75, 3.05) is 32.7 Å². The Morgan fingerprint density at radius 2 is 1.92 bits per heavy atom. The van der Waals surface area contributed by atoms with Gasteiger partial charge in [-0.15, -0.1) is 0 Å². The molecule has 1 heterocycles. The molecule has 5 heteroatoms. The summed E-state index contributed by atoms with van der Waals surface area (Å²) in [6, 6.07) is 0. The zero-order chi connectivity index (χ0) is 9.03. The second-order valence-corrected chi connectivity index (χ2v) is 2.99. The van der Waals surface area contributed by atoms with Gasteiger partial charge in [-0.1, -0.05) is 0 Å². The molecule has 1 fully saturated rings. The molecule has 0 aliphatic carbocycles. The lowest BCUT2D eigenvalue weighted by atomic mass is 10.4. The van der Waals surface area contributed by atoms with E-state index in [1.165, 1.54) is 4.90 Å². The topological polar surface area (TPSA) is 15.3 Å². The summed E-state index contributed by atoms with van der Waals surface area (Å²) in [6.07, 6.45) is -3.25. The summed E-state index contributed by atoms with van der Waals surface area (Å²) in [5, 5.41) is 3.05. The summed E-state index contributed by atoms with van der Waals surface area (Å²) in [5.41, 5.74) is 0. The van der Waals surface area contributed by atoms with Crippen LogP contribution in [0.3, 0.4) is 0 Å². The lowest BCUT2D eigenvalue weighted by molar-refractivity contribution is -0.145. The molecule has 0 atom stereocenters. The lowest BCUT2D eigenvalue weighted by Gasteiger charge is -2.20. The predicted octanol–water partition coefficient (Wildman–Crippen LogP) is 0.844. The summed E-state index contributed by atoms with van der Waals surface area (Å²) in [7, 11) is 0. The molecule has 0 spiro atoms. The van der Waals surface area contributed by atoms with Crippen LogP contribution in [0.2, 0.25) is 0 Å². The largest absolute Gasteiger partial charge is 0.401 e. The van der Waals surface area contributed by atoms with Crippen LogP contribution in [-0.4, -0.2) is 43.8 Å². The van der Waals surface area contributed by atoms with Gasteiger partial charge in [-0.25, -0.2) is 0 Å². The van der Waals surface area contributed by atoms with E-state index in [-0.39, 0.29) is 0 Å². The first kappa shape index (κ1) is 9.80. The smallest absolute Gasteiger partial charge is 0.315 e. The zero-order valence-electron chi connectivity index (χ0n) is 6.82. The molecule has 0 bridgehead atoms. The molecule has 0 aromatic heterocycles. The minimum absolute atomic E-state index is 0.500. The van der Waals surface area contributed by atoms with Gasteiger partial charge in [-0.2, -0.15) is 13.2 Å². The van der Waals surface area contributed by atoms with Crippen LogP contribution < -0.4 is 5.32 Å². The quantitative estimate of drug-likeness (QED) is 0.646. The van der Waals surface area contributed by atoms with Crippen molar-refractivity contribution in [3.8, 4) is 0 Å². The molecular formula is C7H13F3N2. The van der Waals surface area contributed by atoms with Crippen molar-refractivity contribution in [2.45, 2.75) is 12.6 Å². The average molecular weight is 182 g/mol. The van der Waals surface area contributed by atoms with E-state index >= 15 is 0 Å². The Balaban J connectivity index is 2.30. The second kappa shape index (κ2) is 4.09. The Kier molecular flexibility index (Phi) is 3.34. The monoisotopic (exact) mass is 182 g/mol. The maximum Gasteiger partial charge on any atom is 0.401 e. The van der Waals surface area contributed by atoms with Crippen molar-refractivity contribution in [2.24, 2.45) is 0 Å². The highest BCUT2D eigenvalue weighted by Gasteiger charge is 2.30. The third-order valence-electron chi connectivity index (χ3n) is 1.84. The van der Waals surface area contributed by atoms with Crippen molar-refractivity contribution in [3.63, 3.8) is 0 Å². The van der Waals surface area contributed by atoms with Crippen molar-refractivity contribution in [1.29, 1.82) is 0 Å². The zero-order valence-corrected chi connectivity index (χ0v) is 6.82. The first-order chi connectivity index (χ1) is 5.58. The number of nitrogens with zero attached hydrogens (tertiary/aromatic N) is 1. The molecule has 1 N–H and O–H groups in total. The normalized spacial score (nSPS) is 22.2. The summed E-state index contributed by atoms with van der Waals surface area (Å²) in [5.74, 6) is 0. The minimum Gasteiger partial charge on any atom is -0.315 e. The van der Waals surface area contributed by atoms with Gasteiger partial charge in [0.1, 0.15) is 0 Å². The van der Waals surface area contributed by atoms with Crippen LogP contribution >= 0.6 is 0 Å². The molecule has 1 saturated heterocycles. The van der Waals surface area contributed by atoms with Crippen LogP contribution in [-0.2, 0) is 0 Å². The first-order valence-corrected chi connectivity index (χ1v) is 4.08. The second-order valence-electron chi connectivity index (χ2n) is 2.99. The minimum atomic E-state index is -4.05. The van der Waals surface area contributed by atoms with Gasteiger partial charge in [0.25, 0.3) is 0 Å². The molecule has 72 valence electrons. The molecular weight excluding hydrogens is 169 g/mol. The van der Waals surface area contributed by atoms with E-state index in [4.69, 9.17) is 0 Å². The average Bonchev–Trinajstić information content (AvgIpc) is 2.12. The van der Waals surface area contributed by atoms with Gasteiger partial charge in [0.05, 0.1) is 6.54 Å². The number of hydrogen-bond acceptors (Lipinski definition) is 2. The number of rotatable bonds is 1. The number of nitrogens with one attached hydrogen (secondary N) is 1. The highest BCUT2D eigenvalue weighted by Crippen LogP contribution is 2.16. The Hall–Kier alpha value is -0.290. The van der Waals surface area contributed by atoms with E-state index in [1.807, 2.05) is 0 Å². The standard InChI is InChI=1S/C7H13F3N2/c8-7(9,10)6-12-4-1-2-11-3-5-12/h11H,1-6H2. The molecule has 0 aromatic rings. The van der Waals surface area contributed by atoms with Gasteiger partial charge >= 0.3 is 6.18 Å². The Morgan fingerprint density at radius 3 is 2.58 bits per heavy atom. The maximum absolute atomic E-state index is 11.9. The summed E-state index contributed by atoms with van der Waals surface area (Å²) < 4.78 is 35.7. The fourth-order valence-electron chi connectivity index (χ4n) is 1.31. The summed E-state index contributed by atoms with van der Waals surface area (Å²) in [6.45, 7) is 1.77. The Labute approximate surface area is 69.7 Å². The van der Waals surface area contributed by atoms with E-state index < -0.39 is 12.7 Å². The molecule has 12 heavy (non-hydrogen) atoms. The van der Waals surface area contributed by atoms with Gasteiger partial charge < -0.3 is 5.32 Å². The van der Waals surface area contributed by atoms with Gasteiger partial charge in [-0.05, 0) is 19.5 Å². The predicted molar refractivity (Wildman–Crippen MR) is 40.0 cm³/mol. The van der Waals surface area contributed by atoms with Crippen LogP contribution in [0.5, 0.6) is 0 Å². The lowest BCUT2D eigenvalue weighted by Crippen LogP contribution is -2.36. The molecule has 0 saturated carbocycles. The highest BCUT2D eigenvalue weighted by molar-refractivity contribution is 4.68. The SMILES string of the molecule is FC(F)(F)CN1CCCNCC1. The van der Waals surface area contributed by atoms with E-state index in [0.29, 0.717) is 19.6 Å². The number of alkyl halides is 3. The molecule has 1 aliphatic rings. The fraction of sp³-hybridized carbons (Fsp3) is 1.00. The van der Waals surface area contributed by atoms with Gasteiger partial charge in [0, 0.05) is 13.1 Å². The molecule has 0 unspecified atom stereocenters. The van der Waals surface area contributed by atoms with Gasteiger partial charge in [-0.3, -0.25) is 4.90 Å². The van der Waals surface area contributed by atoms with Crippen LogP contribution in [0.1, 0.15) is 6.42 Å². The van der Waals surface area contributed by atoms with Gasteiger partial charge in [0.15, 0.2) is 0 Å². The van der Waals surface area contributed by atoms with Crippen molar-refractivity contribution in [1.82, 2.24) is 10.2 Å². The molecule has 0 amide bonds. The third-order valence-corrected chi connectivity index (χ3v) is 1.84. The fourth-order valence-corrected chi connectivity index (χ4v) is 1.31. The maximum atomic E-state index is 11.9. The van der Waals surface area contributed by atoms with Crippen LogP contribution in [0, 0.1) is 0 Å². The molecule has 2 nitrogen and oxygen atoms in total. The number of hydrogen-bond donors (Lipinski definition) is 1. The van der Waals surface area contributed by atoms with Crippen molar-refractivity contribution in [3.05, 3.63) is 0 Å². The van der Waals surface area contributed by atoms with E-state index in [0.717, 1.165) is 13.0 Å². The van der Waals surface area contributed by atoms with Crippen LogP contribution in [0.4, 0.5) is 13.2 Å². The highest BCUT2D eigenvalue weighted by atomic mass is 19.4. The molecule has 0 aromatic carbocycles. The molecule has 1 rings (SSSR count). The van der Waals surface area contributed by atoms with Crippen LogP contribution in [0.25, 0.3) is 0 Å². The Bertz CT molecular complexity index is 127. The van der Waals surface area contributed by atoms with E-state index in [2.05, 4.69) is 5.32 Å². The number of halogens is 3.